The zero-order valence-corrected chi connectivity index (χ0v) is 15.7. The fourth-order valence-electron chi connectivity index (χ4n) is 3.58. The lowest BCUT2D eigenvalue weighted by Gasteiger charge is -2.24. The predicted molar refractivity (Wildman–Crippen MR) is 103 cm³/mol. The fraction of sp³-hybridized carbons (Fsp3) is 0.579. The molecule has 1 aliphatic rings. The van der Waals surface area contributed by atoms with Gasteiger partial charge in [0.1, 0.15) is 10.7 Å². The Kier molecular flexibility index (Phi) is 6.04. The molecule has 0 saturated carbocycles. The molecular weight excluding hydrogens is 334 g/mol. The summed E-state index contributed by atoms with van der Waals surface area (Å²) in [6.45, 7) is 7.84. The normalized spacial score (nSPS) is 15.0. The van der Waals surface area contributed by atoms with Crippen LogP contribution in [0.2, 0.25) is 0 Å². The van der Waals surface area contributed by atoms with Crippen molar-refractivity contribution in [3.63, 3.8) is 0 Å². The number of thiophene rings is 1. The highest BCUT2D eigenvalue weighted by Gasteiger charge is 2.21. The summed E-state index contributed by atoms with van der Waals surface area (Å²) in [5, 5.41) is 11.0. The highest BCUT2D eigenvalue weighted by Crippen LogP contribution is 2.34. The van der Waals surface area contributed by atoms with Gasteiger partial charge in [-0.1, -0.05) is 13.0 Å². The Labute approximate surface area is 152 Å². The van der Waals surface area contributed by atoms with Crippen molar-refractivity contribution in [3.8, 4) is 0 Å². The van der Waals surface area contributed by atoms with Crippen molar-refractivity contribution >= 4 is 21.6 Å². The first-order valence-corrected chi connectivity index (χ1v) is 9.98. The van der Waals surface area contributed by atoms with Gasteiger partial charge in [0.05, 0.1) is 18.0 Å². The van der Waals surface area contributed by atoms with Crippen molar-refractivity contribution < 1.29 is 5.11 Å². The van der Waals surface area contributed by atoms with Crippen LogP contribution in [0, 0.1) is 0 Å². The van der Waals surface area contributed by atoms with Crippen LogP contribution in [0.5, 0.6) is 0 Å². The molecule has 25 heavy (non-hydrogen) atoms. The number of nitrogens with zero attached hydrogens (tertiary/aromatic N) is 2. The maximum absolute atomic E-state index is 12.6. The lowest BCUT2D eigenvalue weighted by atomic mass is 10.2. The smallest absolute Gasteiger partial charge is 0.259 e. The summed E-state index contributed by atoms with van der Waals surface area (Å²) in [5.41, 5.74) is 1.20. The van der Waals surface area contributed by atoms with Crippen LogP contribution in [0.3, 0.4) is 0 Å². The standard InChI is InChI=1S/C19H27N3O2S/c1-3-5-7-13(23)11-22(10-4-2)12-16-20-18(24)17-14-8-6-9-15(14)25-19(17)21-16/h3,13,23H,1,4-12H2,2H3,(H,20,21,24). The molecule has 0 aliphatic heterocycles. The maximum atomic E-state index is 12.6. The van der Waals surface area contributed by atoms with Crippen LogP contribution < -0.4 is 5.56 Å². The quantitative estimate of drug-likeness (QED) is 0.674. The summed E-state index contributed by atoms with van der Waals surface area (Å²) >= 11 is 1.67. The molecule has 0 fully saturated rings. The van der Waals surface area contributed by atoms with E-state index in [0.717, 1.165) is 48.9 Å². The number of hydrogen-bond acceptors (Lipinski definition) is 5. The molecule has 1 aliphatic carbocycles. The molecule has 0 saturated heterocycles. The Hall–Kier alpha value is -1.50. The van der Waals surface area contributed by atoms with E-state index >= 15 is 0 Å². The van der Waals surface area contributed by atoms with E-state index in [9.17, 15) is 9.90 Å². The van der Waals surface area contributed by atoms with Gasteiger partial charge in [-0.15, -0.1) is 17.9 Å². The molecule has 0 amide bonds. The van der Waals surface area contributed by atoms with Crippen LogP contribution in [0.25, 0.3) is 10.2 Å². The zero-order chi connectivity index (χ0) is 17.8. The molecule has 2 aromatic heterocycles. The summed E-state index contributed by atoms with van der Waals surface area (Å²) in [6.07, 6.45) is 7.17. The minimum atomic E-state index is -0.384. The van der Waals surface area contributed by atoms with Gasteiger partial charge in [0.15, 0.2) is 0 Å². The van der Waals surface area contributed by atoms with E-state index in [4.69, 9.17) is 4.98 Å². The molecule has 2 aromatic rings. The molecule has 5 nitrogen and oxygen atoms in total. The largest absolute Gasteiger partial charge is 0.392 e. The highest BCUT2D eigenvalue weighted by atomic mass is 32.1. The molecular formula is C19H27N3O2S. The Morgan fingerprint density at radius 1 is 1.48 bits per heavy atom. The van der Waals surface area contributed by atoms with Crippen molar-refractivity contribution in [1.29, 1.82) is 0 Å². The van der Waals surface area contributed by atoms with Crippen LogP contribution in [0.15, 0.2) is 17.4 Å². The highest BCUT2D eigenvalue weighted by molar-refractivity contribution is 7.18. The van der Waals surface area contributed by atoms with Crippen LogP contribution in [0.4, 0.5) is 0 Å². The van der Waals surface area contributed by atoms with Crippen LogP contribution in [-0.2, 0) is 19.4 Å². The van der Waals surface area contributed by atoms with Crippen LogP contribution in [0.1, 0.15) is 48.9 Å². The maximum Gasteiger partial charge on any atom is 0.259 e. The molecule has 6 heteroatoms. The second-order valence-corrected chi connectivity index (χ2v) is 7.89. The number of rotatable bonds is 9. The monoisotopic (exact) mass is 361 g/mol. The summed E-state index contributed by atoms with van der Waals surface area (Å²) < 4.78 is 0. The first-order valence-electron chi connectivity index (χ1n) is 9.17. The number of hydrogen-bond donors (Lipinski definition) is 2. The van der Waals surface area contributed by atoms with Gasteiger partial charge < -0.3 is 10.1 Å². The first kappa shape index (κ1) is 18.3. The van der Waals surface area contributed by atoms with Gasteiger partial charge >= 0.3 is 0 Å². The Bertz CT molecular complexity index is 796. The number of aliphatic hydroxyl groups excluding tert-OH is 1. The van der Waals surface area contributed by atoms with Crippen LogP contribution in [-0.4, -0.2) is 39.2 Å². The van der Waals surface area contributed by atoms with Gasteiger partial charge in [0.25, 0.3) is 5.56 Å². The zero-order valence-electron chi connectivity index (χ0n) is 14.9. The van der Waals surface area contributed by atoms with Gasteiger partial charge in [-0.2, -0.15) is 0 Å². The number of H-pyrrole nitrogens is 1. The molecule has 3 rings (SSSR count). The molecule has 0 radical (unpaired) electrons. The lowest BCUT2D eigenvalue weighted by Crippen LogP contribution is -2.33. The van der Waals surface area contributed by atoms with Crippen LogP contribution >= 0.6 is 11.3 Å². The first-order chi connectivity index (χ1) is 12.1. The number of nitrogens with one attached hydrogen (secondary N) is 1. The third-order valence-corrected chi connectivity index (χ3v) is 5.90. The Balaban J connectivity index is 1.77. The SMILES string of the molecule is C=CCCC(O)CN(CCC)Cc1nc2sc3c(c2c(=O)[nH]1)CCC3. The van der Waals surface area contributed by atoms with E-state index < -0.39 is 0 Å². The Morgan fingerprint density at radius 3 is 3.08 bits per heavy atom. The van der Waals surface area contributed by atoms with E-state index in [2.05, 4.69) is 23.4 Å². The number of aromatic amines is 1. The summed E-state index contributed by atoms with van der Waals surface area (Å²) in [6, 6.07) is 0. The second kappa shape index (κ2) is 8.25. The van der Waals surface area contributed by atoms with E-state index in [0.29, 0.717) is 25.3 Å². The molecule has 1 unspecified atom stereocenters. The Morgan fingerprint density at radius 2 is 2.32 bits per heavy atom. The minimum absolute atomic E-state index is 0.0111. The van der Waals surface area contributed by atoms with Crippen molar-refractivity contribution in [1.82, 2.24) is 14.9 Å². The van der Waals surface area contributed by atoms with E-state index in [1.54, 1.807) is 11.3 Å². The topological polar surface area (TPSA) is 69.2 Å². The third-order valence-electron chi connectivity index (χ3n) is 4.71. The molecule has 136 valence electrons. The third kappa shape index (κ3) is 4.19. The van der Waals surface area contributed by atoms with E-state index in [1.807, 2.05) is 6.08 Å². The number of allylic oxidation sites excluding steroid dienone is 1. The van der Waals surface area contributed by atoms with Crippen molar-refractivity contribution in [2.45, 2.75) is 58.1 Å². The van der Waals surface area contributed by atoms with Gasteiger partial charge in [-0.25, -0.2) is 4.98 Å². The fourth-order valence-corrected chi connectivity index (χ4v) is 4.87. The van der Waals surface area contributed by atoms with Crippen molar-refractivity contribution in [2.24, 2.45) is 0 Å². The summed E-state index contributed by atoms with van der Waals surface area (Å²) in [5.74, 6) is 0.696. The number of aliphatic hydroxyl groups is 1. The summed E-state index contributed by atoms with van der Waals surface area (Å²) in [7, 11) is 0. The molecule has 0 spiro atoms. The van der Waals surface area contributed by atoms with Crippen molar-refractivity contribution in [3.05, 3.63) is 39.3 Å². The average molecular weight is 362 g/mol. The minimum Gasteiger partial charge on any atom is -0.392 e. The van der Waals surface area contributed by atoms with Crippen molar-refractivity contribution in [2.75, 3.05) is 13.1 Å². The van der Waals surface area contributed by atoms with Gasteiger partial charge in [0.2, 0.25) is 0 Å². The molecule has 1 atom stereocenters. The molecule has 2 N–H and O–H groups in total. The molecule has 2 heterocycles. The van der Waals surface area contributed by atoms with Gasteiger partial charge in [-0.05, 0) is 50.6 Å². The van der Waals surface area contributed by atoms with Gasteiger partial charge in [0, 0.05) is 11.4 Å². The lowest BCUT2D eigenvalue weighted by molar-refractivity contribution is 0.101. The predicted octanol–water partition coefficient (Wildman–Crippen LogP) is 3.01. The number of fused-ring (bicyclic) bond motifs is 3. The van der Waals surface area contributed by atoms with E-state index in [1.165, 1.54) is 10.4 Å². The molecule has 0 aromatic carbocycles. The van der Waals surface area contributed by atoms with E-state index in [-0.39, 0.29) is 11.7 Å². The summed E-state index contributed by atoms with van der Waals surface area (Å²) in [4.78, 5) is 24.6. The second-order valence-electron chi connectivity index (χ2n) is 6.81. The molecule has 0 bridgehead atoms. The van der Waals surface area contributed by atoms with Gasteiger partial charge in [-0.3, -0.25) is 9.69 Å². The average Bonchev–Trinajstić information content (AvgIpc) is 3.13. The number of aromatic nitrogens is 2. The number of aryl methyl sites for hydroxylation is 2.